The third-order valence-corrected chi connectivity index (χ3v) is 3.68. The summed E-state index contributed by atoms with van der Waals surface area (Å²) in [5.41, 5.74) is -0.0411. The summed E-state index contributed by atoms with van der Waals surface area (Å²) < 4.78 is 2.54. The summed E-state index contributed by atoms with van der Waals surface area (Å²) in [5, 5.41) is 9.77. The number of benzene rings is 1. The maximum Gasteiger partial charge on any atom is 0.269 e. The van der Waals surface area contributed by atoms with E-state index in [4.69, 9.17) is 5.26 Å². The van der Waals surface area contributed by atoms with Crippen LogP contribution in [-0.2, 0) is 0 Å². The smallest absolute Gasteiger partial charge is 0.268 e. The molecule has 0 radical (unpaired) electrons. The lowest BCUT2D eigenvalue weighted by Crippen LogP contribution is -2.17. The predicted molar refractivity (Wildman–Crippen MR) is 65.6 cm³/mol. The second-order valence-corrected chi connectivity index (χ2v) is 4.67. The SMILES string of the molecule is CCCC(C#N)n1sc2ccccc2c1=O. The lowest BCUT2D eigenvalue weighted by molar-refractivity contribution is 0.586. The molecule has 1 heterocycles. The molecule has 0 fully saturated rings. The van der Waals surface area contributed by atoms with Gasteiger partial charge >= 0.3 is 0 Å². The maximum absolute atomic E-state index is 12.0. The number of hydrogen-bond donors (Lipinski definition) is 0. The van der Waals surface area contributed by atoms with Crippen molar-refractivity contribution in [2.45, 2.75) is 25.8 Å². The van der Waals surface area contributed by atoms with E-state index < -0.39 is 0 Å². The van der Waals surface area contributed by atoms with Gasteiger partial charge in [-0.05, 0) is 18.6 Å². The van der Waals surface area contributed by atoms with Crippen molar-refractivity contribution in [3.63, 3.8) is 0 Å². The minimum absolute atomic E-state index is 0.0411. The van der Waals surface area contributed by atoms with Crippen LogP contribution in [0.3, 0.4) is 0 Å². The van der Waals surface area contributed by atoms with E-state index in [1.807, 2.05) is 31.2 Å². The van der Waals surface area contributed by atoms with Crippen LogP contribution >= 0.6 is 11.5 Å². The van der Waals surface area contributed by atoms with Gasteiger partial charge in [-0.25, -0.2) is 3.96 Å². The van der Waals surface area contributed by atoms with E-state index in [1.165, 1.54) is 11.5 Å². The molecule has 2 aromatic rings. The molecule has 0 aliphatic carbocycles. The predicted octanol–water partition coefficient (Wildman–Crippen LogP) is 2.93. The van der Waals surface area contributed by atoms with Gasteiger partial charge in [-0.15, -0.1) is 0 Å². The molecular formula is C12H12N2OS. The van der Waals surface area contributed by atoms with Gasteiger partial charge in [0.05, 0.1) is 16.2 Å². The van der Waals surface area contributed by atoms with Crippen LogP contribution in [0.5, 0.6) is 0 Å². The molecule has 0 bridgehead atoms. The van der Waals surface area contributed by atoms with E-state index in [-0.39, 0.29) is 11.6 Å². The Hall–Kier alpha value is -1.60. The molecule has 0 saturated heterocycles. The van der Waals surface area contributed by atoms with E-state index in [1.54, 1.807) is 3.96 Å². The molecule has 1 atom stereocenters. The number of hydrogen-bond acceptors (Lipinski definition) is 3. The van der Waals surface area contributed by atoms with Crippen LogP contribution < -0.4 is 5.56 Å². The average molecular weight is 232 g/mol. The Morgan fingerprint density at radius 3 is 2.88 bits per heavy atom. The maximum atomic E-state index is 12.0. The van der Waals surface area contributed by atoms with Gasteiger partial charge < -0.3 is 0 Å². The zero-order valence-electron chi connectivity index (χ0n) is 9.01. The van der Waals surface area contributed by atoms with E-state index in [2.05, 4.69) is 6.07 Å². The summed E-state index contributed by atoms with van der Waals surface area (Å²) in [4.78, 5) is 12.0. The average Bonchev–Trinajstić information content (AvgIpc) is 2.64. The zero-order chi connectivity index (χ0) is 11.5. The Bertz CT molecular complexity index is 591. The van der Waals surface area contributed by atoms with Gasteiger partial charge in [0.2, 0.25) is 0 Å². The first-order valence-corrected chi connectivity index (χ1v) is 6.05. The van der Waals surface area contributed by atoms with Crippen LogP contribution in [0.1, 0.15) is 25.8 Å². The first kappa shape index (κ1) is 10.9. The normalized spacial score (nSPS) is 12.5. The lowest BCUT2D eigenvalue weighted by Gasteiger charge is -2.05. The second kappa shape index (κ2) is 4.50. The molecule has 4 heteroatoms. The first-order valence-electron chi connectivity index (χ1n) is 5.28. The molecule has 16 heavy (non-hydrogen) atoms. The fraction of sp³-hybridized carbons (Fsp3) is 0.333. The highest BCUT2D eigenvalue weighted by Gasteiger charge is 2.14. The zero-order valence-corrected chi connectivity index (χ0v) is 9.83. The van der Waals surface area contributed by atoms with Crippen molar-refractivity contribution in [2.24, 2.45) is 0 Å². The van der Waals surface area contributed by atoms with Gasteiger partial charge in [-0.1, -0.05) is 37.0 Å². The van der Waals surface area contributed by atoms with Crippen LogP contribution in [0, 0.1) is 11.3 Å². The van der Waals surface area contributed by atoms with Crippen molar-refractivity contribution in [3.05, 3.63) is 34.6 Å². The van der Waals surface area contributed by atoms with Gasteiger partial charge in [0.25, 0.3) is 5.56 Å². The topological polar surface area (TPSA) is 45.8 Å². The van der Waals surface area contributed by atoms with Crippen molar-refractivity contribution in [3.8, 4) is 6.07 Å². The molecule has 0 aliphatic rings. The van der Waals surface area contributed by atoms with Gasteiger partial charge in [-0.3, -0.25) is 4.79 Å². The largest absolute Gasteiger partial charge is 0.269 e. The van der Waals surface area contributed by atoms with E-state index in [0.29, 0.717) is 5.39 Å². The van der Waals surface area contributed by atoms with Gasteiger partial charge in [-0.2, -0.15) is 5.26 Å². The highest BCUT2D eigenvalue weighted by molar-refractivity contribution is 7.13. The lowest BCUT2D eigenvalue weighted by atomic mass is 10.2. The minimum atomic E-state index is -0.324. The Kier molecular flexibility index (Phi) is 3.07. The third-order valence-electron chi connectivity index (χ3n) is 2.51. The summed E-state index contributed by atoms with van der Waals surface area (Å²) in [7, 11) is 0. The van der Waals surface area contributed by atoms with Gasteiger partial charge in [0.1, 0.15) is 6.04 Å². The summed E-state index contributed by atoms with van der Waals surface area (Å²) in [6.45, 7) is 2.02. The van der Waals surface area contributed by atoms with Gasteiger partial charge in [0, 0.05) is 0 Å². The first-order chi connectivity index (χ1) is 7.77. The van der Waals surface area contributed by atoms with Crippen molar-refractivity contribution in [1.29, 1.82) is 5.26 Å². The monoisotopic (exact) mass is 232 g/mol. The molecule has 0 N–H and O–H groups in total. The summed E-state index contributed by atoms with van der Waals surface area (Å²) in [5.74, 6) is 0. The van der Waals surface area contributed by atoms with Crippen LogP contribution in [0.4, 0.5) is 0 Å². The molecule has 0 saturated carbocycles. The van der Waals surface area contributed by atoms with Crippen LogP contribution in [0.15, 0.2) is 29.1 Å². The van der Waals surface area contributed by atoms with Crippen molar-refractivity contribution >= 4 is 21.6 Å². The molecule has 1 aromatic heterocycles. The Labute approximate surface area is 97.7 Å². The van der Waals surface area contributed by atoms with E-state index in [9.17, 15) is 4.79 Å². The summed E-state index contributed by atoms with van der Waals surface area (Å²) in [6.07, 6.45) is 1.63. The molecule has 2 rings (SSSR count). The molecule has 0 aliphatic heterocycles. The van der Waals surface area contributed by atoms with Crippen LogP contribution in [0.2, 0.25) is 0 Å². The Morgan fingerprint density at radius 1 is 1.50 bits per heavy atom. The van der Waals surface area contributed by atoms with Crippen molar-refractivity contribution < 1.29 is 0 Å². The minimum Gasteiger partial charge on any atom is -0.268 e. The molecule has 3 nitrogen and oxygen atoms in total. The summed E-state index contributed by atoms with van der Waals surface area (Å²) in [6, 6.07) is 9.35. The van der Waals surface area contributed by atoms with Crippen LogP contribution in [0.25, 0.3) is 10.1 Å². The fourth-order valence-electron chi connectivity index (χ4n) is 1.70. The standard InChI is InChI=1S/C12H12N2OS/c1-2-5-9(8-13)14-12(15)10-6-3-4-7-11(10)16-14/h3-4,6-7,9H,2,5H2,1H3. The second-order valence-electron chi connectivity index (χ2n) is 3.65. The number of rotatable bonds is 3. The van der Waals surface area contributed by atoms with E-state index >= 15 is 0 Å². The van der Waals surface area contributed by atoms with Crippen molar-refractivity contribution in [2.75, 3.05) is 0 Å². The van der Waals surface area contributed by atoms with Gasteiger partial charge in [0.15, 0.2) is 0 Å². The molecule has 82 valence electrons. The highest BCUT2D eigenvalue weighted by atomic mass is 32.1. The number of fused-ring (bicyclic) bond motifs is 1. The Morgan fingerprint density at radius 2 is 2.25 bits per heavy atom. The number of aromatic nitrogens is 1. The molecular weight excluding hydrogens is 220 g/mol. The molecule has 1 aromatic carbocycles. The molecule has 0 spiro atoms. The number of nitriles is 1. The number of nitrogens with zero attached hydrogens (tertiary/aromatic N) is 2. The van der Waals surface area contributed by atoms with Crippen molar-refractivity contribution in [1.82, 2.24) is 3.96 Å². The summed E-state index contributed by atoms with van der Waals surface area (Å²) >= 11 is 1.38. The Balaban J connectivity index is 2.57. The molecule has 1 unspecified atom stereocenters. The van der Waals surface area contributed by atoms with E-state index in [0.717, 1.165) is 17.5 Å². The molecule has 0 amide bonds. The quantitative estimate of drug-likeness (QED) is 0.816. The highest BCUT2D eigenvalue weighted by Crippen LogP contribution is 2.21. The van der Waals surface area contributed by atoms with Crippen LogP contribution in [-0.4, -0.2) is 3.96 Å². The fourth-order valence-corrected chi connectivity index (χ4v) is 2.77. The third kappa shape index (κ3) is 1.74.